The van der Waals surface area contributed by atoms with E-state index in [0.717, 1.165) is 0 Å². The van der Waals surface area contributed by atoms with Crippen molar-refractivity contribution in [2.75, 3.05) is 13.2 Å². The molecule has 2 heterocycles. The predicted molar refractivity (Wildman–Crippen MR) is 79.5 cm³/mol. The van der Waals surface area contributed by atoms with Gasteiger partial charge in [0, 0.05) is 0 Å². The van der Waals surface area contributed by atoms with E-state index in [2.05, 4.69) is 4.52 Å². The second-order valence-corrected chi connectivity index (χ2v) is 7.37. The van der Waals surface area contributed by atoms with Crippen LogP contribution in [0.2, 0.25) is 0 Å². The molecule has 10 atom stereocenters. The van der Waals surface area contributed by atoms with Gasteiger partial charge in [0.25, 0.3) is 0 Å². The van der Waals surface area contributed by atoms with E-state index in [4.69, 9.17) is 29.1 Å². The van der Waals surface area contributed by atoms with Gasteiger partial charge in [-0.25, -0.2) is 4.57 Å². The van der Waals surface area contributed by atoms with Crippen LogP contribution >= 0.6 is 7.82 Å². The summed E-state index contributed by atoms with van der Waals surface area (Å²) in [5.41, 5.74) is 0. The number of hydrogen-bond donors (Lipinski definition) is 9. The maximum Gasteiger partial charge on any atom is 0.469 e. The molecule has 15 heteroatoms. The zero-order valence-electron chi connectivity index (χ0n) is 13.7. The predicted octanol–water partition coefficient (Wildman–Crippen LogP) is -5.28. The van der Waals surface area contributed by atoms with Crippen molar-refractivity contribution in [3.63, 3.8) is 0 Å². The van der Waals surface area contributed by atoms with E-state index in [0.29, 0.717) is 0 Å². The fourth-order valence-corrected chi connectivity index (χ4v) is 2.99. The lowest BCUT2D eigenvalue weighted by atomic mass is 9.98. The molecule has 0 aromatic carbocycles. The third kappa shape index (κ3) is 5.41. The minimum atomic E-state index is -4.92. The summed E-state index contributed by atoms with van der Waals surface area (Å²) in [6.45, 7) is -1.61. The maximum atomic E-state index is 10.8. The van der Waals surface area contributed by atoms with Crippen molar-refractivity contribution < 1.29 is 68.8 Å². The first-order valence-electron chi connectivity index (χ1n) is 7.82. The van der Waals surface area contributed by atoms with Gasteiger partial charge in [0.2, 0.25) is 0 Å². The fraction of sp³-hybridized carbons (Fsp3) is 1.00. The molecular weight excluding hydrogens is 399 g/mol. The molecular formula is C12H23O14P. The highest BCUT2D eigenvalue weighted by atomic mass is 31.2. The van der Waals surface area contributed by atoms with Gasteiger partial charge in [0.15, 0.2) is 12.6 Å². The van der Waals surface area contributed by atoms with Crippen molar-refractivity contribution >= 4 is 7.82 Å². The van der Waals surface area contributed by atoms with E-state index in [1.165, 1.54) is 0 Å². The van der Waals surface area contributed by atoms with Crippen molar-refractivity contribution in [3.8, 4) is 0 Å². The van der Waals surface area contributed by atoms with Gasteiger partial charge < -0.3 is 59.7 Å². The molecule has 0 aliphatic carbocycles. The van der Waals surface area contributed by atoms with Gasteiger partial charge in [-0.15, -0.1) is 0 Å². The Morgan fingerprint density at radius 2 is 1.19 bits per heavy atom. The van der Waals surface area contributed by atoms with Crippen molar-refractivity contribution in [3.05, 3.63) is 0 Å². The summed E-state index contributed by atoms with van der Waals surface area (Å²) < 4.78 is 30.3. The summed E-state index contributed by atoms with van der Waals surface area (Å²) in [6, 6.07) is 0. The molecule has 0 spiro atoms. The Kier molecular flexibility index (Phi) is 7.68. The molecule has 14 nitrogen and oxygen atoms in total. The SMILES string of the molecule is O=P(O)(O)OC[C@H]1O[C@H](O[C@H]2O[C@H](CO)[C@@H](O)[C@H](O)[C@H]2O)[C@H](O)[C@@H](O)[C@@H]1O. The van der Waals surface area contributed by atoms with Crippen molar-refractivity contribution in [1.82, 2.24) is 0 Å². The zero-order chi connectivity index (χ0) is 20.5. The molecule has 2 saturated heterocycles. The van der Waals surface area contributed by atoms with E-state index in [1.807, 2.05) is 0 Å². The molecule has 0 aromatic heterocycles. The highest BCUT2D eigenvalue weighted by Gasteiger charge is 2.49. The Morgan fingerprint density at radius 3 is 1.63 bits per heavy atom. The zero-order valence-corrected chi connectivity index (χ0v) is 14.6. The highest BCUT2D eigenvalue weighted by Crippen LogP contribution is 2.37. The summed E-state index contributed by atoms with van der Waals surface area (Å²) in [5, 5.41) is 68.1. The first-order chi connectivity index (χ1) is 12.5. The molecule has 160 valence electrons. The Morgan fingerprint density at radius 1 is 0.741 bits per heavy atom. The van der Waals surface area contributed by atoms with Gasteiger partial charge in [-0.1, -0.05) is 0 Å². The van der Waals surface area contributed by atoms with E-state index in [1.54, 1.807) is 0 Å². The third-order valence-corrected chi connectivity index (χ3v) is 4.68. The average molecular weight is 422 g/mol. The molecule has 2 rings (SSSR count). The molecule has 0 saturated carbocycles. The van der Waals surface area contributed by atoms with Gasteiger partial charge in [-0.05, 0) is 0 Å². The summed E-state index contributed by atoms with van der Waals surface area (Å²) in [4.78, 5) is 17.4. The van der Waals surface area contributed by atoms with Crippen LogP contribution in [-0.4, -0.2) is 120 Å². The van der Waals surface area contributed by atoms with Gasteiger partial charge >= 0.3 is 7.82 Å². The van der Waals surface area contributed by atoms with Crippen LogP contribution in [-0.2, 0) is 23.3 Å². The second kappa shape index (κ2) is 9.02. The molecule has 0 amide bonds. The molecule has 0 unspecified atom stereocenters. The van der Waals surface area contributed by atoms with Crippen LogP contribution in [0.4, 0.5) is 0 Å². The van der Waals surface area contributed by atoms with Crippen LogP contribution < -0.4 is 0 Å². The molecule has 0 bridgehead atoms. The van der Waals surface area contributed by atoms with Crippen LogP contribution in [0.5, 0.6) is 0 Å². The number of phosphoric acid groups is 1. The van der Waals surface area contributed by atoms with E-state index >= 15 is 0 Å². The van der Waals surface area contributed by atoms with Crippen LogP contribution in [0.3, 0.4) is 0 Å². The van der Waals surface area contributed by atoms with Gasteiger partial charge in [-0.2, -0.15) is 0 Å². The van der Waals surface area contributed by atoms with Crippen molar-refractivity contribution in [2.45, 2.75) is 61.4 Å². The van der Waals surface area contributed by atoms with Gasteiger partial charge in [0.05, 0.1) is 13.2 Å². The number of aliphatic hydroxyl groups excluding tert-OH is 7. The highest BCUT2D eigenvalue weighted by molar-refractivity contribution is 7.46. The Labute approximate surface area is 152 Å². The molecule has 2 fully saturated rings. The quantitative estimate of drug-likeness (QED) is 0.182. The molecule has 2 aliphatic heterocycles. The minimum Gasteiger partial charge on any atom is -0.394 e. The third-order valence-electron chi connectivity index (χ3n) is 4.19. The molecule has 2 aliphatic rings. The molecule has 9 N–H and O–H groups in total. The van der Waals surface area contributed by atoms with E-state index in [-0.39, 0.29) is 0 Å². The lowest BCUT2D eigenvalue weighted by Gasteiger charge is -2.44. The van der Waals surface area contributed by atoms with Gasteiger partial charge in [0.1, 0.15) is 48.8 Å². The second-order valence-electron chi connectivity index (χ2n) is 6.13. The average Bonchev–Trinajstić information content (AvgIpc) is 2.60. The van der Waals surface area contributed by atoms with Crippen LogP contribution in [0.1, 0.15) is 0 Å². The Bertz CT molecular complexity index is 526. The van der Waals surface area contributed by atoms with E-state index in [9.17, 15) is 35.2 Å². The maximum absolute atomic E-state index is 10.8. The lowest BCUT2D eigenvalue weighted by molar-refractivity contribution is -0.376. The van der Waals surface area contributed by atoms with Crippen LogP contribution in [0.15, 0.2) is 0 Å². The normalized spacial score (nSPS) is 46.4. The molecule has 27 heavy (non-hydrogen) atoms. The monoisotopic (exact) mass is 422 g/mol. The number of ether oxygens (including phenoxy) is 3. The Hall–Kier alpha value is -0.290. The summed E-state index contributed by atoms with van der Waals surface area (Å²) >= 11 is 0. The largest absolute Gasteiger partial charge is 0.469 e. The molecule has 0 radical (unpaired) electrons. The number of phosphoric ester groups is 1. The summed E-state index contributed by atoms with van der Waals surface area (Å²) in [6.07, 6.45) is -17.1. The first kappa shape index (κ1) is 23.0. The standard InChI is InChI=1S/C12H23O14P/c13-1-3-5(14)7(16)9(18)11(24-3)26-12-10(19)8(17)6(15)4(25-12)2-23-27(20,21)22/h3-19H,1-2H2,(H2,20,21,22)/t3-,4-,5-,6-,7+,8+,9-,10-,11-,12-/m1/s1. The number of hydrogen-bond acceptors (Lipinski definition) is 12. The van der Waals surface area contributed by atoms with E-state index < -0.39 is 82.4 Å². The topological polar surface area (TPSA) is 236 Å². The van der Waals surface area contributed by atoms with Crippen LogP contribution in [0, 0.1) is 0 Å². The van der Waals surface area contributed by atoms with Crippen molar-refractivity contribution in [1.29, 1.82) is 0 Å². The molecule has 0 aromatic rings. The summed E-state index contributed by atoms with van der Waals surface area (Å²) in [7, 11) is -4.92. The lowest BCUT2D eigenvalue weighted by Crippen LogP contribution is -2.63. The number of aliphatic hydroxyl groups is 7. The van der Waals surface area contributed by atoms with Crippen LogP contribution in [0.25, 0.3) is 0 Å². The fourth-order valence-electron chi connectivity index (χ4n) is 2.65. The summed E-state index contributed by atoms with van der Waals surface area (Å²) in [5.74, 6) is 0. The first-order valence-corrected chi connectivity index (χ1v) is 9.35. The smallest absolute Gasteiger partial charge is 0.394 e. The number of rotatable bonds is 6. The van der Waals surface area contributed by atoms with Gasteiger partial charge in [-0.3, -0.25) is 4.52 Å². The van der Waals surface area contributed by atoms with Crippen molar-refractivity contribution in [2.24, 2.45) is 0 Å². The minimum absolute atomic E-state index is 0.737. The Balaban J connectivity index is 2.08.